The van der Waals surface area contributed by atoms with Crippen molar-refractivity contribution in [2.45, 2.75) is 6.10 Å². The number of hydrogen-bond acceptors (Lipinski definition) is 6. The van der Waals surface area contributed by atoms with Crippen LogP contribution in [0.3, 0.4) is 0 Å². The van der Waals surface area contributed by atoms with Crippen molar-refractivity contribution in [2.75, 3.05) is 30.4 Å². The number of benzene rings is 3. The van der Waals surface area contributed by atoms with E-state index in [1.165, 1.54) is 12.1 Å². The Morgan fingerprint density at radius 3 is 2.53 bits per heavy atom. The molecule has 2 N–H and O–H groups in total. The molecule has 1 aliphatic rings. The highest BCUT2D eigenvalue weighted by Gasteiger charge is 2.23. The number of Topliss-reactive ketones (excluding diaryl/α,β-unsaturated/α-hetero) is 1. The molecule has 0 aromatic heterocycles. The van der Waals surface area contributed by atoms with E-state index in [0.29, 0.717) is 18.9 Å². The SMILES string of the molecule is CN1C[C@@H](COc2ccc(C(=O)Nc3cc(C(=O)C(=O)O)ccc3F)cc2)Oc2ccccc21. The van der Waals surface area contributed by atoms with Crippen molar-refractivity contribution in [3.05, 3.63) is 83.7 Å². The number of carboxylic acids is 1. The number of fused-ring (bicyclic) bond motifs is 1. The number of para-hydroxylation sites is 2. The summed E-state index contributed by atoms with van der Waals surface area (Å²) in [6, 6.07) is 16.9. The Morgan fingerprint density at radius 1 is 1.09 bits per heavy atom. The number of ether oxygens (including phenoxy) is 2. The molecule has 34 heavy (non-hydrogen) atoms. The topological polar surface area (TPSA) is 105 Å². The standard InChI is InChI=1S/C25H21FN2O6/c1-28-13-18(34-22-5-3-2-4-21(22)28)14-33-17-9-6-15(7-10-17)24(30)27-20-12-16(8-11-19(20)26)23(29)25(31)32/h2-12,18H,13-14H2,1H3,(H,27,30)(H,31,32)/t18-/m0/s1. The van der Waals surface area contributed by atoms with Crippen molar-refractivity contribution in [3.63, 3.8) is 0 Å². The van der Waals surface area contributed by atoms with Gasteiger partial charge in [-0.05, 0) is 54.6 Å². The van der Waals surface area contributed by atoms with Gasteiger partial charge in [0.25, 0.3) is 11.7 Å². The maximum atomic E-state index is 14.1. The lowest BCUT2D eigenvalue weighted by Crippen LogP contribution is -2.41. The van der Waals surface area contributed by atoms with Gasteiger partial charge in [0.05, 0.1) is 17.9 Å². The van der Waals surface area contributed by atoms with Crippen LogP contribution in [0.1, 0.15) is 20.7 Å². The smallest absolute Gasteiger partial charge is 0.377 e. The number of amides is 1. The highest BCUT2D eigenvalue weighted by atomic mass is 19.1. The second-order valence-electron chi connectivity index (χ2n) is 7.71. The summed E-state index contributed by atoms with van der Waals surface area (Å²) in [5.74, 6) is -2.98. The van der Waals surface area contributed by atoms with Crippen molar-refractivity contribution in [1.82, 2.24) is 0 Å². The fourth-order valence-electron chi connectivity index (χ4n) is 3.55. The van der Waals surface area contributed by atoms with Gasteiger partial charge in [0, 0.05) is 18.2 Å². The predicted octanol–water partition coefficient (Wildman–Crippen LogP) is 3.62. The number of hydrogen-bond donors (Lipinski definition) is 2. The number of carboxylic acid groups (broad SMARTS) is 1. The van der Waals surface area contributed by atoms with Crippen LogP contribution in [0.25, 0.3) is 0 Å². The molecular formula is C25H21FN2O6. The second kappa shape index (κ2) is 9.62. The molecule has 0 saturated heterocycles. The van der Waals surface area contributed by atoms with E-state index in [4.69, 9.17) is 14.6 Å². The summed E-state index contributed by atoms with van der Waals surface area (Å²) in [5.41, 5.74) is 0.704. The molecule has 9 heteroatoms. The monoisotopic (exact) mass is 464 g/mol. The number of carbonyl (C=O) groups excluding carboxylic acids is 2. The molecule has 0 unspecified atom stereocenters. The first kappa shape index (κ1) is 22.8. The molecule has 3 aromatic rings. The van der Waals surface area contributed by atoms with Crippen LogP contribution in [0, 0.1) is 5.82 Å². The normalized spacial score (nSPS) is 14.5. The summed E-state index contributed by atoms with van der Waals surface area (Å²) in [7, 11) is 1.98. The average molecular weight is 464 g/mol. The van der Waals surface area contributed by atoms with Crippen LogP contribution in [0.2, 0.25) is 0 Å². The summed E-state index contributed by atoms with van der Waals surface area (Å²) in [6.45, 7) is 0.965. The number of nitrogens with one attached hydrogen (secondary N) is 1. The first-order valence-corrected chi connectivity index (χ1v) is 10.4. The quantitative estimate of drug-likeness (QED) is 0.406. The van der Waals surface area contributed by atoms with Gasteiger partial charge < -0.3 is 24.8 Å². The van der Waals surface area contributed by atoms with E-state index in [-0.39, 0.29) is 22.9 Å². The Morgan fingerprint density at radius 2 is 1.79 bits per heavy atom. The molecule has 8 nitrogen and oxygen atoms in total. The summed E-state index contributed by atoms with van der Waals surface area (Å²) in [5, 5.41) is 11.2. The zero-order chi connectivity index (χ0) is 24.2. The second-order valence-corrected chi connectivity index (χ2v) is 7.71. The summed E-state index contributed by atoms with van der Waals surface area (Å²) < 4.78 is 25.8. The zero-order valence-electron chi connectivity index (χ0n) is 18.2. The number of likely N-dealkylation sites (N-methyl/N-ethyl adjacent to an activating group) is 1. The van der Waals surface area contributed by atoms with E-state index >= 15 is 0 Å². The number of carbonyl (C=O) groups is 3. The fraction of sp³-hybridized carbons (Fsp3) is 0.160. The minimum Gasteiger partial charge on any atom is -0.490 e. The summed E-state index contributed by atoms with van der Waals surface area (Å²) in [6.07, 6.45) is -0.174. The molecular weight excluding hydrogens is 443 g/mol. The highest BCUT2D eigenvalue weighted by Crippen LogP contribution is 2.32. The van der Waals surface area contributed by atoms with Gasteiger partial charge in [-0.15, -0.1) is 0 Å². The average Bonchev–Trinajstić information content (AvgIpc) is 2.84. The van der Waals surface area contributed by atoms with Gasteiger partial charge in [0.2, 0.25) is 0 Å². The van der Waals surface area contributed by atoms with Crippen LogP contribution in [-0.2, 0) is 4.79 Å². The number of nitrogens with zero attached hydrogens (tertiary/aromatic N) is 1. The predicted molar refractivity (Wildman–Crippen MR) is 122 cm³/mol. The van der Waals surface area contributed by atoms with Gasteiger partial charge in [-0.3, -0.25) is 9.59 Å². The molecule has 174 valence electrons. The van der Waals surface area contributed by atoms with E-state index in [1.54, 1.807) is 12.1 Å². The van der Waals surface area contributed by atoms with Crippen LogP contribution in [0.15, 0.2) is 66.7 Å². The lowest BCUT2D eigenvalue weighted by Gasteiger charge is -2.33. The Labute approximate surface area is 194 Å². The summed E-state index contributed by atoms with van der Waals surface area (Å²) in [4.78, 5) is 37.0. The number of aliphatic carboxylic acids is 1. The van der Waals surface area contributed by atoms with Crippen molar-refractivity contribution in [1.29, 1.82) is 0 Å². The van der Waals surface area contributed by atoms with Crippen molar-refractivity contribution in [2.24, 2.45) is 0 Å². The Balaban J connectivity index is 1.37. The van der Waals surface area contributed by atoms with Crippen molar-refractivity contribution in [3.8, 4) is 11.5 Å². The van der Waals surface area contributed by atoms with Crippen LogP contribution in [0.4, 0.5) is 15.8 Å². The molecule has 1 heterocycles. The van der Waals surface area contributed by atoms with Gasteiger partial charge >= 0.3 is 5.97 Å². The molecule has 1 atom stereocenters. The van der Waals surface area contributed by atoms with Crippen LogP contribution in [-0.4, -0.2) is 49.1 Å². The Bertz CT molecular complexity index is 1240. The lowest BCUT2D eigenvalue weighted by atomic mass is 10.1. The molecule has 0 spiro atoms. The molecule has 0 aliphatic carbocycles. The van der Waals surface area contributed by atoms with Gasteiger partial charge in [-0.25, -0.2) is 9.18 Å². The number of anilines is 2. The fourth-order valence-corrected chi connectivity index (χ4v) is 3.55. The van der Waals surface area contributed by atoms with Crippen molar-refractivity contribution >= 4 is 29.0 Å². The van der Waals surface area contributed by atoms with E-state index in [2.05, 4.69) is 10.2 Å². The third-order valence-corrected chi connectivity index (χ3v) is 5.27. The Hall–Kier alpha value is -4.40. The summed E-state index contributed by atoms with van der Waals surface area (Å²) >= 11 is 0. The molecule has 0 fully saturated rings. The number of ketones is 1. The lowest BCUT2D eigenvalue weighted by molar-refractivity contribution is -0.131. The minimum atomic E-state index is -1.67. The third-order valence-electron chi connectivity index (χ3n) is 5.27. The highest BCUT2D eigenvalue weighted by molar-refractivity contribution is 6.40. The van der Waals surface area contributed by atoms with E-state index < -0.39 is 23.5 Å². The number of rotatable bonds is 7. The first-order valence-electron chi connectivity index (χ1n) is 10.4. The van der Waals surface area contributed by atoms with Crippen molar-refractivity contribution < 1.29 is 33.4 Å². The molecule has 0 saturated carbocycles. The molecule has 3 aromatic carbocycles. The van der Waals surface area contributed by atoms with E-state index in [9.17, 15) is 18.8 Å². The molecule has 4 rings (SSSR count). The largest absolute Gasteiger partial charge is 0.490 e. The maximum Gasteiger partial charge on any atom is 0.377 e. The molecule has 0 bridgehead atoms. The number of halogens is 1. The molecule has 1 amide bonds. The van der Waals surface area contributed by atoms with Crippen LogP contribution < -0.4 is 19.7 Å². The Kier molecular flexibility index (Phi) is 6.44. The molecule has 1 aliphatic heterocycles. The van der Waals surface area contributed by atoms with E-state index in [1.807, 2.05) is 31.3 Å². The molecule has 0 radical (unpaired) electrons. The van der Waals surface area contributed by atoms with Gasteiger partial charge in [-0.1, -0.05) is 12.1 Å². The first-order chi connectivity index (χ1) is 16.3. The van der Waals surface area contributed by atoms with Crippen LogP contribution >= 0.6 is 0 Å². The maximum absolute atomic E-state index is 14.1. The van der Waals surface area contributed by atoms with Gasteiger partial charge in [0.15, 0.2) is 0 Å². The van der Waals surface area contributed by atoms with Gasteiger partial charge in [-0.2, -0.15) is 0 Å². The zero-order valence-corrected chi connectivity index (χ0v) is 18.2. The minimum absolute atomic E-state index is 0.174. The van der Waals surface area contributed by atoms with Gasteiger partial charge in [0.1, 0.15) is 30.0 Å². The van der Waals surface area contributed by atoms with Crippen LogP contribution in [0.5, 0.6) is 11.5 Å². The van der Waals surface area contributed by atoms with E-state index in [0.717, 1.165) is 29.6 Å². The third kappa shape index (κ3) is 4.98.